The topological polar surface area (TPSA) is 69.7 Å². The smallest absolute Gasteiger partial charge is 0.243 e. The van der Waals surface area contributed by atoms with Crippen molar-refractivity contribution in [1.82, 2.24) is 9.21 Å². The van der Waals surface area contributed by atoms with Gasteiger partial charge >= 0.3 is 0 Å². The summed E-state index contributed by atoms with van der Waals surface area (Å²) in [6, 6.07) is 20.7. The van der Waals surface area contributed by atoms with Crippen LogP contribution >= 0.6 is 0 Å². The van der Waals surface area contributed by atoms with E-state index >= 15 is 0 Å². The second-order valence-corrected chi connectivity index (χ2v) is 9.51. The summed E-state index contributed by atoms with van der Waals surface area (Å²) in [5, 5.41) is 5.07. The predicted molar refractivity (Wildman–Crippen MR) is 119 cm³/mol. The van der Waals surface area contributed by atoms with Gasteiger partial charge in [-0.2, -0.15) is 4.31 Å². The molecule has 0 atom stereocenters. The molecular formula is C23H25N3O3S. The van der Waals surface area contributed by atoms with Crippen LogP contribution in [0.3, 0.4) is 0 Å². The molecule has 1 heterocycles. The van der Waals surface area contributed by atoms with E-state index in [0.29, 0.717) is 31.1 Å². The van der Waals surface area contributed by atoms with Gasteiger partial charge in [-0.1, -0.05) is 54.1 Å². The molecule has 0 unspecified atom stereocenters. The minimum atomic E-state index is -3.50. The van der Waals surface area contributed by atoms with E-state index in [1.807, 2.05) is 54.3 Å². The first-order chi connectivity index (χ1) is 14.4. The zero-order valence-electron chi connectivity index (χ0n) is 16.9. The van der Waals surface area contributed by atoms with E-state index in [1.54, 1.807) is 24.3 Å². The van der Waals surface area contributed by atoms with Gasteiger partial charge in [-0.05, 0) is 30.5 Å². The van der Waals surface area contributed by atoms with Crippen LogP contribution in [0, 0.1) is 6.92 Å². The Labute approximate surface area is 177 Å². The van der Waals surface area contributed by atoms with Gasteiger partial charge in [-0.15, -0.1) is 0 Å². The normalized spacial score (nSPS) is 15.9. The maximum Gasteiger partial charge on any atom is 0.243 e. The van der Waals surface area contributed by atoms with Gasteiger partial charge in [0, 0.05) is 37.3 Å². The minimum Gasteiger partial charge on any atom is -0.324 e. The maximum absolute atomic E-state index is 12.8. The predicted octanol–water partition coefficient (Wildman–Crippen LogP) is 3.09. The average molecular weight is 424 g/mol. The number of hydrogen-bond donors (Lipinski definition) is 1. The Kier molecular flexibility index (Phi) is 5.85. The van der Waals surface area contributed by atoms with E-state index in [0.717, 1.165) is 22.0 Å². The second kappa shape index (κ2) is 8.55. The third-order valence-electron chi connectivity index (χ3n) is 5.42. The fraction of sp³-hybridized carbons (Fsp3) is 0.261. The van der Waals surface area contributed by atoms with Crippen molar-refractivity contribution in [2.75, 3.05) is 38.0 Å². The summed E-state index contributed by atoms with van der Waals surface area (Å²) in [6.07, 6.45) is 0. The van der Waals surface area contributed by atoms with Crippen molar-refractivity contribution in [3.05, 3.63) is 72.3 Å². The Morgan fingerprint density at radius 1 is 0.900 bits per heavy atom. The lowest BCUT2D eigenvalue weighted by atomic mass is 10.1. The Morgan fingerprint density at radius 2 is 1.57 bits per heavy atom. The highest BCUT2D eigenvalue weighted by Gasteiger charge is 2.29. The van der Waals surface area contributed by atoms with Gasteiger partial charge < -0.3 is 5.32 Å². The number of piperazine rings is 1. The van der Waals surface area contributed by atoms with Crippen LogP contribution in [0.1, 0.15) is 5.56 Å². The van der Waals surface area contributed by atoms with Gasteiger partial charge in [0.1, 0.15) is 0 Å². The minimum absolute atomic E-state index is 0.0961. The van der Waals surface area contributed by atoms with Crippen molar-refractivity contribution in [2.45, 2.75) is 11.8 Å². The van der Waals surface area contributed by atoms with Crippen molar-refractivity contribution in [1.29, 1.82) is 0 Å². The summed E-state index contributed by atoms with van der Waals surface area (Å²) in [6.45, 7) is 3.96. The van der Waals surface area contributed by atoms with Crippen LogP contribution in [0.25, 0.3) is 10.8 Å². The summed E-state index contributed by atoms with van der Waals surface area (Å²) in [5.41, 5.74) is 1.81. The Morgan fingerprint density at radius 3 is 2.30 bits per heavy atom. The first-order valence-corrected chi connectivity index (χ1v) is 11.4. The third-order valence-corrected chi connectivity index (χ3v) is 7.33. The highest BCUT2D eigenvalue weighted by molar-refractivity contribution is 7.89. The molecule has 4 rings (SSSR count). The fourth-order valence-electron chi connectivity index (χ4n) is 3.71. The Bertz CT molecular complexity index is 1150. The first kappa shape index (κ1) is 20.5. The summed E-state index contributed by atoms with van der Waals surface area (Å²) >= 11 is 0. The van der Waals surface area contributed by atoms with Gasteiger partial charge in [-0.3, -0.25) is 9.69 Å². The number of nitrogens with one attached hydrogen (secondary N) is 1. The fourth-order valence-corrected chi connectivity index (χ4v) is 5.14. The molecule has 0 saturated carbocycles. The Balaban J connectivity index is 1.35. The molecule has 3 aromatic carbocycles. The standard InChI is InChI=1S/C23H25N3O3S/c1-18-9-11-20(12-10-18)30(28,29)26-15-13-25(14-16-26)17-23(27)24-22-8-4-6-19-5-2-3-7-21(19)22/h2-12H,13-17H2,1H3,(H,24,27). The van der Waals surface area contributed by atoms with Crippen LogP contribution in [0.2, 0.25) is 0 Å². The Hall–Kier alpha value is -2.74. The number of fused-ring (bicyclic) bond motifs is 1. The monoisotopic (exact) mass is 423 g/mol. The number of benzene rings is 3. The van der Waals surface area contributed by atoms with Crippen molar-refractivity contribution >= 4 is 32.4 Å². The van der Waals surface area contributed by atoms with Gasteiger partial charge in [-0.25, -0.2) is 8.42 Å². The largest absolute Gasteiger partial charge is 0.324 e. The summed E-state index contributed by atoms with van der Waals surface area (Å²) in [7, 11) is -3.50. The molecule has 1 saturated heterocycles. The average Bonchev–Trinajstić information content (AvgIpc) is 2.75. The van der Waals surface area contributed by atoms with Crippen LogP contribution in [0.15, 0.2) is 71.6 Å². The molecule has 30 heavy (non-hydrogen) atoms. The van der Waals surface area contributed by atoms with E-state index in [2.05, 4.69) is 5.32 Å². The third kappa shape index (κ3) is 4.38. The van der Waals surface area contributed by atoms with Crippen molar-refractivity contribution in [2.24, 2.45) is 0 Å². The van der Waals surface area contributed by atoms with Crippen molar-refractivity contribution in [3.8, 4) is 0 Å². The maximum atomic E-state index is 12.8. The highest BCUT2D eigenvalue weighted by atomic mass is 32.2. The molecule has 156 valence electrons. The zero-order valence-corrected chi connectivity index (χ0v) is 17.7. The summed E-state index contributed by atoms with van der Waals surface area (Å²) in [4.78, 5) is 14.9. The molecule has 0 aromatic heterocycles. The highest BCUT2D eigenvalue weighted by Crippen LogP contribution is 2.23. The molecule has 0 spiro atoms. The van der Waals surface area contributed by atoms with E-state index in [-0.39, 0.29) is 12.5 Å². The van der Waals surface area contributed by atoms with Gasteiger partial charge in [0.25, 0.3) is 0 Å². The summed E-state index contributed by atoms with van der Waals surface area (Å²) in [5.74, 6) is -0.0961. The zero-order chi connectivity index (χ0) is 21.1. The lowest BCUT2D eigenvalue weighted by Gasteiger charge is -2.33. The quantitative estimate of drug-likeness (QED) is 0.685. The molecule has 1 amide bonds. The van der Waals surface area contributed by atoms with Gasteiger partial charge in [0.2, 0.25) is 15.9 Å². The summed E-state index contributed by atoms with van der Waals surface area (Å²) < 4.78 is 27.1. The van der Waals surface area contributed by atoms with Crippen LogP contribution in [-0.2, 0) is 14.8 Å². The number of anilines is 1. The van der Waals surface area contributed by atoms with Gasteiger partial charge in [0.15, 0.2) is 0 Å². The van der Waals surface area contributed by atoms with Crippen LogP contribution in [0.4, 0.5) is 5.69 Å². The number of amides is 1. The molecule has 1 fully saturated rings. The number of hydrogen-bond acceptors (Lipinski definition) is 4. The van der Waals surface area contributed by atoms with E-state index < -0.39 is 10.0 Å². The van der Waals surface area contributed by atoms with Crippen LogP contribution in [-0.4, -0.2) is 56.3 Å². The van der Waals surface area contributed by atoms with E-state index in [1.165, 1.54) is 4.31 Å². The molecular weight excluding hydrogens is 398 g/mol. The number of carbonyl (C=O) groups is 1. The molecule has 0 bridgehead atoms. The van der Waals surface area contributed by atoms with E-state index in [4.69, 9.17) is 0 Å². The molecule has 6 nitrogen and oxygen atoms in total. The molecule has 3 aromatic rings. The number of sulfonamides is 1. The SMILES string of the molecule is Cc1ccc(S(=O)(=O)N2CCN(CC(=O)Nc3cccc4ccccc34)CC2)cc1. The first-order valence-electron chi connectivity index (χ1n) is 10.0. The molecule has 7 heteroatoms. The molecule has 1 aliphatic heterocycles. The number of carbonyl (C=O) groups excluding carboxylic acids is 1. The van der Waals surface area contributed by atoms with Gasteiger partial charge in [0.05, 0.1) is 11.4 Å². The number of rotatable bonds is 5. The molecule has 0 aliphatic carbocycles. The molecule has 1 N–H and O–H groups in total. The lowest BCUT2D eigenvalue weighted by Crippen LogP contribution is -2.50. The molecule has 0 radical (unpaired) electrons. The van der Waals surface area contributed by atoms with Crippen LogP contribution < -0.4 is 5.32 Å². The van der Waals surface area contributed by atoms with Crippen molar-refractivity contribution < 1.29 is 13.2 Å². The van der Waals surface area contributed by atoms with Crippen molar-refractivity contribution in [3.63, 3.8) is 0 Å². The van der Waals surface area contributed by atoms with Crippen LogP contribution in [0.5, 0.6) is 0 Å². The second-order valence-electron chi connectivity index (χ2n) is 7.57. The lowest BCUT2D eigenvalue weighted by molar-refractivity contribution is -0.117. The number of aryl methyl sites for hydroxylation is 1. The van der Waals surface area contributed by atoms with E-state index in [9.17, 15) is 13.2 Å². The number of nitrogens with zero attached hydrogens (tertiary/aromatic N) is 2. The molecule has 1 aliphatic rings.